The van der Waals surface area contributed by atoms with E-state index in [-0.39, 0.29) is 31.4 Å². The topological polar surface area (TPSA) is 77.8 Å². The maximum atomic E-state index is 13.7. The predicted octanol–water partition coefficient (Wildman–Crippen LogP) is 2.35. The van der Waals surface area contributed by atoms with Gasteiger partial charge in [-0.25, -0.2) is 13.6 Å². The van der Waals surface area contributed by atoms with E-state index >= 15 is 0 Å². The van der Waals surface area contributed by atoms with Crippen molar-refractivity contribution in [3.8, 4) is 0 Å². The number of nitrogens with zero attached hydrogens (tertiary/aromatic N) is 1. The lowest BCUT2D eigenvalue weighted by Gasteiger charge is -2.36. The highest BCUT2D eigenvalue weighted by Gasteiger charge is 2.35. The first kappa shape index (κ1) is 15.2. The first-order chi connectivity index (χ1) is 9.88. The largest absolute Gasteiger partial charge is 0.481 e. The smallest absolute Gasteiger partial charge is 0.407 e. The number of hydrogen-bond donors (Lipinski definition) is 2. The Labute approximate surface area is 119 Å². The van der Waals surface area contributed by atoms with Crippen LogP contribution in [0.1, 0.15) is 18.4 Å². The van der Waals surface area contributed by atoms with Crippen LogP contribution in [0.15, 0.2) is 18.2 Å². The second-order valence-electron chi connectivity index (χ2n) is 5.13. The lowest BCUT2D eigenvalue weighted by molar-refractivity contribution is -0.143. The molecule has 2 rings (SSSR count). The molecule has 7 heteroatoms. The zero-order chi connectivity index (χ0) is 15.6. The minimum atomic E-state index is -1.16. The second kappa shape index (κ2) is 6.07. The van der Waals surface area contributed by atoms with Crippen molar-refractivity contribution in [2.75, 3.05) is 6.54 Å². The van der Waals surface area contributed by atoms with Gasteiger partial charge in [-0.1, -0.05) is 6.07 Å². The van der Waals surface area contributed by atoms with Crippen molar-refractivity contribution in [1.82, 2.24) is 4.90 Å². The van der Waals surface area contributed by atoms with Crippen LogP contribution in [-0.2, 0) is 11.2 Å². The summed E-state index contributed by atoms with van der Waals surface area (Å²) < 4.78 is 26.5. The summed E-state index contributed by atoms with van der Waals surface area (Å²) in [6.45, 7) is 0.0970. The van der Waals surface area contributed by atoms with Gasteiger partial charge in [0.1, 0.15) is 11.6 Å². The molecule has 1 amide bonds. The Morgan fingerprint density at radius 2 is 2.00 bits per heavy atom. The number of carboxylic acids is 1. The lowest BCUT2D eigenvalue weighted by Crippen LogP contribution is -2.48. The van der Waals surface area contributed by atoms with Crippen LogP contribution in [0.4, 0.5) is 13.6 Å². The van der Waals surface area contributed by atoms with E-state index in [1.165, 1.54) is 6.07 Å². The van der Waals surface area contributed by atoms with Crippen molar-refractivity contribution in [2.24, 2.45) is 5.92 Å². The molecule has 1 aliphatic rings. The van der Waals surface area contributed by atoms with Crippen LogP contribution in [0.3, 0.4) is 0 Å². The summed E-state index contributed by atoms with van der Waals surface area (Å²) in [5.74, 6) is -3.09. The normalized spacial score (nSPS) is 22.1. The van der Waals surface area contributed by atoms with E-state index in [4.69, 9.17) is 10.2 Å². The van der Waals surface area contributed by atoms with Crippen molar-refractivity contribution >= 4 is 12.1 Å². The molecule has 0 spiro atoms. The fraction of sp³-hybridized carbons (Fsp3) is 0.429. The van der Waals surface area contributed by atoms with E-state index in [9.17, 15) is 18.4 Å². The van der Waals surface area contributed by atoms with Crippen LogP contribution in [0.5, 0.6) is 0 Å². The van der Waals surface area contributed by atoms with Gasteiger partial charge in [0.15, 0.2) is 0 Å². The molecular weight excluding hydrogens is 284 g/mol. The molecule has 1 aliphatic heterocycles. The Kier molecular flexibility index (Phi) is 4.40. The SMILES string of the molecule is O=C(O)C1CCN(C(=O)O)C(Cc2ccc(F)cc2F)C1. The fourth-order valence-corrected chi connectivity index (χ4v) is 2.66. The van der Waals surface area contributed by atoms with Gasteiger partial charge < -0.3 is 15.1 Å². The first-order valence-corrected chi connectivity index (χ1v) is 6.54. The minimum Gasteiger partial charge on any atom is -0.481 e. The maximum absolute atomic E-state index is 13.7. The van der Waals surface area contributed by atoms with Crippen LogP contribution >= 0.6 is 0 Å². The number of amides is 1. The Morgan fingerprint density at radius 3 is 2.57 bits per heavy atom. The number of benzene rings is 1. The highest BCUT2D eigenvalue weighted by molar-refractivity contribution is 5.71. The van der Waals surface area contributed by atoms with Gasteiger partial charge in [0, 0.05) is 18.7 Å². The highest BCUT2D eigenvalue weighted by atomic mass is 19.1. The van der Waals surface area contributed by atoms with Gasteiger partial charge in [0.05, 0.1) is 5.92 Å². The molecule has 0 aromatic heterocycles. The van der Waals surface area contributed by atoms with Crippen molar-refractivity contribution in [2.45, 2.75) is 25.3 Å². The monoisotopic (exact) mass is 299 g/mol. The van der Waals surface area contributed by atoms with E-state index in [0.29, 0.717) is 0 Å². The summed E-state index contributed by atoms with van der Waals surface area (Å²) in [6.07, 6.45) is -0.767. The highest BCUT2D eigenvalue weighted by Crippen LogP contribution is 2.26. The van der Waals surface area contributed by atoms with Crippen molar-refractivity contribution < 1.29 is 28.6 Å². The maximum Gasteiger partial charge on any atom is 0.407 e. The third kappa shape index (κ3) is 3.48. The Hall–Kier alpha value is -2.18. The van der Waals surface area contributed by atoms with Gasteiger partial charge >= 0.3 is 12.1 Å². The number of rotatable bonds is 3. The number of halogens is 2. The summed E-state index contributed by atoms with van der Waals surface area (Å²) in [4.78, 5) is 23.4. The predicted molar refractivity (Wildman–Crippen MR) is 68.9 cm³/mol. The standard InChI is InChI=1S/C14H15F2NO4/c15-10-2-1-8(12(16)7-10)5-11-6-9(13(18)19)3-4-17(11)14(20)21/h1-2,7,9,11H,3-6H2,(H,18,19)(H,20,21). The Morgan fingerprint density at radius 1 is 1.29 bits per heavy atom. The Bertz CT molecular complexity index is 564. The molecule has 5 nitrogen and oxygen atoms in total. The van der Waals surface area contributed by atoms with Crippen LogP contribution < -0.4 is 0 Å². The molecule has 0 radical (unpaired) electrons. The van der Waals surface area contributed by atoms with Crippen LogP contribution in [0, 0.1) is 17.6 Å². The summed E-state index contributed by atoms with van der Waals surface area (Å²) in [7, 11) is 0. The number of carbonyl (C=O) groups is 2. The molecule has 2 unspecified atom stereocenters. The zero-order valence-corrected chi connectivity index (χ0v) is 11.1. The molecule has 0 bridgehead atoms. The second-order valence-corrected chi connectivity index (χ2v) is 5.13. The molecule has 1 aromatic carbocycles. The third-order valence-corrected chi connectivity index (χ3v) is 3.78. The molecule has 0 aliphatic carbocycles. The average molecular weight is 299 g/mol. The number of likely N-dealkylation sites (tertiary alicyclic amines) is 1. The number of piperidine rings is 1. The number of carboxylic acid groups (broad SMARTS) is 2. The van der Waals surface area contributed by atoms with Gasteiger partial charge in [-0.05, 0) is 30.9 Å². The number of hydrogen-bond acceptors (Lipinski definition) is 2. The molecule has 0 saturated carbocycles. The van der Waals surface area contributed by atoms with E-state index in [0.717, 1.165) is 17.0 Å². The van der Waals surface area contributed by atoms with Crippen LogP contribution in [0.25, 0.3) is 0 Å². The Balaban J connectivity index is 2.19. The van der Waals surface area contributed by atoms with Crippen molar-refractivity contribution in [1.29, 1.82) is 0 Å². The summed E-state index contributed by atoms with van der Waals surface area (Å²) in [6, 6.07) is 2.46. The van der Waals surface area contributed by atoms with Gasteiger partial charge in [-0.15, -0.1) is 0 Å². The quantitative estimate of drug-likeness (QED) is 0.898. The molecule has 1 fully saturated rings. The molecule has 1 saturated heterocycles. The molecule has 1 aromatic rings. The zero-order valence-electron chi connectivity index (χ0n) is 11.1. The van der Waals surface area contributed by atoms with Gasteiger partial charge in [0.2, 0.25) is 0 Å². The number of aliphatic carboxylic acids is 1. The van der Waals surface area contributed by atoms with E-state index < -0.39 is 35.7 Å². The van der Waals surface area contributed by atoms with E-state index in [1.807, 2.05) is 0 Å². The van der Waals surface area contributed by atoms with Crippen molar-refractivity contribution in [3.05, 3.63) is 35.4 Å². The minimum absolute atomic E-state index is 0.0300. The first-order valence-electron chi connectivity index (χ1n) is 6.54. The van der Waals surface area contributed by atoms with Gasteiger partial charge in [-0.2, -0.15) is 0 Å². The molecule has 1 heterocycles. The van der Waals surface area contributed by atoms with Crippen LogP contribution in [-0.4, -0.2) is 39.8 Å². The third-order valence-electron chi connectivity index (χ3n) is 3.78. The molecular formula is C14H15F2NO4. The average Bonchev–Trinajstić information content (AvgIpc) is 2.41. The molecule has 2 N–H and O–H groups in total. The molecule has 21 heavy (non-hydrogen) atoms. The summed E-state index contributed by atoms with van der Waals surface area (Å²) >= 11 is 0. The van der Waals surface area contributed by atoms with Crippen LogP contribution in [0.2, 0.25) is 0 Å². The van der Waals surface area contributed by atoms with Gasteiger partial charge in [0.25, 0.3) is 0 Å². The van der Waals surface area contributed by atoms with Crippen molar-refractivity contribution in [3.63, 3.8) is 0 Å². The lowest BCUT2D eigenvalue weighted by atomic mass is 9.88. The molecule has 114 valence electrons. The summed E-state index contributed by atoms with van der Waals surface area (Å²) in [5, 5.41) is 18.2. The molecule has 2 atom stereocenters. The summed E-state index contributed by atoms with van der Waals surface area (Å²) in [5.41, 5.74) is 0.179. The fourth-order valence-electron chi connectivity index (χ4n) is 2.66. The van der Waals surface area contributed by atoms with Gasteiger partial charge in [-0.3, -0.25) is 4.79 Å². The van der Waals surface area contributed by atoms with E-state index in [1.54, 1.807) is 0 Å². The van der Waals surface area contributed by atoms with E-state index in [2.05, 4.69) is 0 Å².